The summed E-state index contributed by atoms with van der Waals surface area (Å²) < 4.78 is 16.5. The van der Waals surface area contributed by atoms with Crippen LogP contribution in [0.15, 0.2) is 23.2 Å². The monoisotopic (exact) mass is 577 g/mol. The number of nitrogens with zero attached hydrogens (tertiary/aromatic N) is 2. The predicted molar refractivity (Wildman–Crippen MR) is 142 cm³/mol. The summed E-state index contributed by atoms with van der Waals surface area (Å²) in [6, 6.07) is 6.13. The van der Waals surface area contributed by atoms with E-state index in [4.69, 9.17) is 14.2 Å². The van der Waals surface area contributed by atoms with Crippen LogP contribution in [-0.4, -0.2) is 84.0 Å². The van der Waals surface area contributed by atoms with Crippen LogP contribution in [0.5, 0.6) is 11.5 Å². The maximum absolute atomic E-state index is 12.1. The summed E-state index contributed by atoms with van der Waals surface area (Å²) in [6.45, 7) is 10.6. The first-order valence-electron chi connectivity index (χ1n) is 11.1. The van der Waals surface area contributed by atoms with Crippen molar-refractivity contribution in [2.24, 2.45) is 10.4 Å². The Bertz CT molecular complexity index is 769. The molecule has 3 N–H and O–H groups in total. The van der Waals surface area contributed by atoms with Crippen LogP contribution in [0.25, 0.3) is 0 Å². The van der Waals surface area contributed by atoms with Crippen molar-refractivity contribution in [1.29, 1.82) is 0 Å². The van der Waals surface area contributed by atoms with Gasteiger partial charge in [0, 0.05) is 33.2 Å². The zero-order chi connectivity index (χ0) is 23.6. The maximum Gasteiger partial charge on any atom is 0.227 e. The lowest BCUT2D eigenvalue weighted by Crippen LogP contribution is -2.46. The van der Waals surface area contributed by atoms with Crippen LogP contribution < -0.4 is 25.4 Å². The van der Waals surface area contributed by atoms with Gasteiger partial charge in [-0.05, 0) is 38.5 Å². The molecule has 1 atom stereocenters. The first-order chi connectivity index (χ1) is 15.4. The van der Waals surface area contributed by atoms with Gasteiger partial charge in [0.15, 0.2) is 17.5 Å². The summed E-state index contributed by atoms with van der Waals surface area (Å²) in [5.74, 6) is 2.06. The van der Waals surface area contributed by atoms with E-state index in [1.54, 1.807) is 21.3 Å². The second-order valence-corrected chi connectivity index (χ2v) is 8.32. The molecule has 0 bridgehead atoms. The molecule has 0 spiro atoms. The fraction of sp³-hybridized carbons (Fsp3) is 0.652. The summed E-state index contributed by atoms with van der Waals surface area (Å²) >= 11 is 0. The van der Waals surface area contributed by atoms with E-state index in [0.29, 0.717) is 43.8 Å². The fourth-order valence-electron chi connectivity index (χ4n) is 3.63. The van der Waals surface area contributed by atoms with Crippen LogP contribution in [0, 0.1) is 5.41 Å². The number of carbonyl (C=O) groups is 1. The lowest BCUT2D eigenvalue weighted by molar-refractivity contribution is -0.128. The number of methoxy groups -OCH3 is 2. The number of carbonyl (C=O) groups excluding carboxylic acids is 1. The van der Waals surface area contributed by atoms with Crippen molar-refractivity contribution in [2.75, 3.05) is 67.2 Å². The molecule has 9 nitrogen and oxygen atoms in total. The molecule has 1 unspecified atom stereocenters. The Balaban J connectivity index is 0.00000544. The lowest BCUT2D eigenvalue weighted by atomic mass is 9.93. The van der Waals surface area contributed by atoms with Crippen LogP contribution in [0.2, 0.25) is 0 Å². The smallest absolute Gasteiger partial charge is 0.227 e. The number of ether oxygens (including phenoxy) is 3. The molecule has 0 saturated carbocycles. The highest BCUT2D eigenvalue weighted by Gasteiger charge is 2.27. The van der Waals surface area contributed by atoms with Crippen molar-refractivity contribution in [1.82, 2.24) is 20.9 Å². The number of morpholine rings is 1. The molecule has 33 heavy (non-hydrogen) atoms. The first-order valence-corrected chi connectivity index (χ1v) is 11.1. The molecule has 1 fully saturated rings. The van der Waals surface area contributed by atoms with Crippen LogP contribution in [0.3, 0.4) is 0 Å². The zero-order valence-corrected chi connectivity index (χ0v) is 23.0. The summed E-state index contributed by atoms with van der Waals surface area (Å²) in [7, 11) is 4.93. The van der Waals surface area contributed by atoms with Crippen LogP contribution in [0.1, 0.15) is 32.4 Å². The molecule has 1 heterocycles. The SMILES string of the molecule is CCNC(=NCC(C)(C)C(=O)NC)NCC(c1ccc(OC)c(OC)c1)N1CCOCC1.I. The van der Waals surface area contributed by atoms with Gasteiger partial charge in [-0.25, -0.2) is 0 Å². The Labute approximate surface area is 215 Å². The molecule has 1 aliphatic heterocycles. The second-order valence-electron chi connectivity index (χ2n) is 8.32. The largest absolute Gasteiger partial charge is 0.493 e. The number of halogens is 1. The number of guanidine groups is 1. The topological polar surface area (TPSA) is 96.5 Å². The van der Waals surface area contributed by atoms with Crippen molar-refractivity contribution >= 4 is 35.8 Å². The summed E-state index contributed by atoms with van der Waals surface area (Å²) in [5.41, 5.74) is 0.531. The molecule has 1 saturated heterocycles. The van der Waals surface area contributed by atoms with Crippen LogP contribution >= 0.6 is 24.0 Å². The number of benzene rings is 1. The van der Waals surface area contributed by atoms with Gasteiger partial charge in [-0.15, -0.1) is 24.0 Å². The molecule has 1 amide bonds. The van der Waals surface area contributed by atoms with E-state index in [2.05, 4.69) is 31.9 Å². The quantitative estimate of drug-likeness (QED) is 0.223. The van der Waals surface area contributed by atoms with Gasteiger partial charge in [0.1, 0.15) is 0 Å². The Morgan fingerprint density at radius 3 is 2.42 bits per heavy atom. The van der Waals surface area contributed by atoms with E-state index in [9.17, 15) is 4.79 Å². The third-order valence-electron chi connectivity index (χ3n) is 5.56. The Hall–Kier alpha value is -1.79. The summed E-state index contributed by atoms with van der Waals surface area (Å²) in [4.78, 5) is 19.2. The number of aliphatic imine (C=N–C) groups is 1. The minimum Gasteiger partial charge on any atom is -0.493 e. The number of nitrogens with one attached hydrogen (secondary N) is 3. The normalized spacial score (nSPS) is 15.8. The van der Waals surface area contributed by atoms with Gasteiger partial charge >= 0.3 is 0 Å². The highest BCUT2D eigenvalue weighted by atomic mass is 127. The van der Waals surface area contributed by atoms with E-state index < -0.39 is 5.41 Å². The molecular weight excluding hydrogens is 537 g/mol. The molecule has 188 valence electrons. The van der Waals surface area contributed by atoms with Gasteiger partial charge in [-0.2, -0.15) is 0 Å². The van der Waals surface area contributed by atoms with Crippen molar-refractivity contribution in [2.45, 2.75) is 26.8 Å². The van der Waals surface area contributed by atoms with Crippen LogP contribution in [-0.2, 0) is 9.53 Å². The van der Waals surface area contributed by atoms with E-state index in [-0.39, 0.29) is 35.9 Å². The zero-order valence-electron chi connectivity index (χ0n) is 20.7. The standard InChI is InChI=1S/C23H39N5O4.HI/c1-7-25-22(27-16-23(2,3)21(29)24-4)26-15-18(28-10-12-32-13-11-28)17-8-9-19(30-5)20(14-17)31-6;/h8-9,14,18H,7,10-13,15-16H2,1-6H3,(H,24,29)(H2,25,26,27);1H. The minimum atomic E-state index is -0.593. The number of hydrogen-bond acceptors (Lipinski definition) is 6. The predicted octanol–water partition coefficient (Wildman–Crippen LogP) is 2.02. The van der Waals surface area contributed by atoms with Gasteiger partial charge in [-0.1, -0.05) is 6.07 Å². The molecule has 1 aromatic rings. The first kappa shape index (κ1) is 29.2. The van der Waals surface area contributed by atoms with Gasteiger partial charge in [0.05, 0.1) is 45.4 Å². The Kier molecular flexibility index (Phi) is 12.8. The lowest BCUT2D eigenvalue weighted by Gasteiger charge is -2.35. The van der Waals surface area contributed by atoms with Gasteiger partial charge in [0.2, 0.25) is 5.91 Å². The van der Waals surface area contributed by atoms with Crippen molar-refractivity contribution in [3.8, 4) is 11.5 Å². The van der Waals surface area contributed by atoms with Crippen molar-refractivity contribution in [3.63, 3.8) is 0 Å². The molecular formula is C23H40IN5O4. The van der Waals surface area contributed by atoms with Crippen molar-refractivity contribution in [3.05, 3.63) is 23.8 Å². The minimum absolute atomic E-state index is 0. The van der Waals surface area contributed by atoms with Gasteiger partial charge in [-0.3, -0.25) is 14.7 Å². The third kappa shape index (κ3) is 8.49. The molecule has 0 aliphatic carbocycles. The second kappa shape index (κ2) is 14.5. The van der Waals surface area contributed by atoms with Gasteiger partial charge in [0.25, 0.3) is 0 Å². The molecule has 0 radical (unpaired) electrons. The molecule has 0 aromatic heterocycles. The maximum atomic E-state index is 12.1. The average Bonchev–Trinajstić information content (AvgIpc) is 2.82. The van der Waals surface area contributed by atoms with Crippen molar-refractivity contribution < 1.29 is 19.0 Å². The third-order valence-corrected chi connectivity index (χ3v) is 5.56. The average molecular weight is 578 g/mol. The number of rotatable bonds is 10. The Morgan fingerprint density at radius 2 is 1.85 bits per heavy atom. The highest BCUT2D eigenvalue weighted by Crippen LogP contribution is 2.32. The van der Waals surface area contributed by atoms with Crippen LogP contribution in [0.4, 0.5) is 0 Å². The van der Waals surface area contributed by atoms with Gasteiger partial charge < -0.3 is 30.2 Å². The Morgan fingerprint density at radius 1 is 1.18 bits per heavy atom. The van der Waals surface area contributed by atoms with E-state index in [0.717, 1.165) is 25.2 Å². The summed E-state index contributed by atoms with van der Waals surface area (Å²) in [6.07, 6.45) is 0. The summed E-state index contributed by atoms with van der Waals surface area (Å²) in [5, 5.41) is 9.45. The molecule has 10 heteroatoms. The van der Waals surface area contributed by atoms with E-state index >= 15 is 0 Å². The highest BCUT2D eigenvalue weighted by molar-refractivity contribution is 14.0. The molecule has 1 aromatic carbocycles. The number of amides is 1. The van der Waals surface area contributed by atoms with E-state index in [1.807, 2.05) is 32.9 Å². The molecule has 2 rings (SSSR count). The fourth-order valence-corrected chi connectivity index (χ4v) is 3.63. The molecule has 1 aliphatic rings. The number of hydrogen-bond donors (Lipinski definition) is 3. The van der Waals surface area contributed by atoms with E-state index in [1.165, 1.54) is 0 Å².